The van der Waals surface area contributed by atoms with Crippen molar-refractivity contribution in [2.45, 2.75) is 36.8 Å². The lowest BCUT2D eigenvalue weighted by molar-refractivity contribution is -0.121. The molecule has 27 heavy (non-hydrogen) atoms. The lowest BCUT2D eigenvalue weighted by Crippen LogP contribution is -2.31. The Bertz CT molecular complexity index is 730. The Kier molecular flexibility index (Phi) is 7.23. The Morgan fingerprint density at radius 2 is 2.19 bits per heavy atom. The van der Waals surface area contributed by atoms with Crippen LogP contribution in [-0.2, 0) is 9.53 Å². The lowest BCUT2D eigenvalue weighted by atomic mass is 10.2. The Labute approximate surface area is 161 Å². The molecule has 1 atom stereocenters. The fraction of sp³-hybridized carbons (Fsp3) is 0.444. The number of thioether (sulfide) groups is 1. The zero-order chi connectivity index (χ0) is 18.9. The van der Waals surface area contributed by atoms with Gasteiger partial charge in [-0.1, -0.05) is 0 Å². The lowest BCUT2D eigenvalue weighted by Gasteiger charge is -2.10. The predicted molar refractivity (Wildman–Crippen MR) is 101 cm³/mol. The van der Waals surface area contributed by atoms with E-state index in [1.165, 1.54) is 18.0 Å². The van der Waals surface area contributed by atoms with Crippen molar-refractivity contribution in [2.75, 3.05) is 24.2 Å². The number of carbonyl (C=O) groups excluding carboxylic acids is 2. The van der Waals surface area contributed by atoms with Crippen LogP contribution in [0.1, 0.15) is 36.2 Å². The van der Waals surface area contributed by atoms with Crippen molar-refractivity contribution in [3.05, 3.63) is 36.3 Å². The van der Waals surface area contributed by atoms with Gasteiger partial charge in [0, 0.05) is 25.3 Å². The molecule has 2 amide bonds. The number of ether oxygens (including phenoxy) is 1. The molecule has 9 heteroatoms. The Balaban J connectivity index is 1.31. The van der Waals surface area contributed by atoms with Crippen LogP contribution < -0.4 is 10.6 Å². The van der Waals surface area contributed by atoms with Crippen molar-refractivity contribution >= 4 is 29.4 Å². The van der Waals surface area contributed by atoms with Crippen LogP contribution in [0.3, 0.4) is 0 Å². The van der Waals surface area contributed by atoms with Gasteiger partial charge in [-0.3, -0.25) is 9.59 Å². The molecule has 0 saturated carbocycles. The first-order chi connectivity index (χ1) is 13.2. The SMILES string of the molecule is O=C(CCCSc1ccc(NC(=O)c2ccco2)nn1)NC[C@@H]1CCCO1. The topological polar surface area (TPSA) is 106 Å². The highest BCUT2D eigenvalue weighted by Gasteiger charge is 2.16. The number of carbonyl (C=O) groups is 2. The van der Waals surface area contributed by atoms with Gasteiger partial charge in [-0.2, -0.15) is 0 Å². The van der Waals surface area contributed by atoms with Gasteiger partial charge in [0.2, 0.25) is 5.91 Å². The largest absolute Gasteiger partial charge is 0.459 e. The molecule has 0 bridgehead atoms. The highest BCUT2D eigenvalue weighted by Crippen LogP contribution is 2.17. The third-order valence-electron chi connectivity index (χ3n) is 3.98. The van der Waals surface area contributed by atoms with E-state index in [-0.39, 0.29) is 23.7 Å². The maximum Gasteiger partial charge on any atom is 0.292 e. The van der Waals surface area contributed by atoms with Gasteiger partial charge in [-0.25, -0.2) is 0 Å². The molecule has 2 aromatic rings. The molecule has 0 aliphatic carbocycles. The monoisotopic (exact) mass is 390 g/mol. The van der Waals surface area contributed by atoms with Crippen LogP contribution in [0.2, 0.25) is 0 Å². The van der Waals surface area contributed by atoms with Crippen molar-refractivity contribution in [2.24, 2.45) is 0 Å². The molecule has 144 valence electrons. The number of anilines is 1. The van der Waals surface area contributed by atoms with E-state index in [9.17, 15) is 9.59 Å². The van der Waals surface area contributed by atoms with Crippen molar-refractivity contribution in [3.63, 3.8) is 0 Å². The third kappa shape index (κ3) is 6.37. The summed E-state index contributed by atoms with van der Waals surface area (Å²) in [5.74, 6) is 1.01. The summed E-state index contributed by atoms with van der Waals surface area (Å²) < 4.78 is 10.5. The second kappa shape index (κ2) is 10.1. The Hall–Kier alpha value is -2.39. The van der Waals surface area contributed by atoms with Crippen LogP contribution in [0.5, 0.6) is 0 Å². The maximum atomic E-state index is 11.8. The van der Waals surface area contributed by atoms with E-state index in [2.05, 4.69) is 20.8 Å². The minimum atomic E-state index is -0.372. The predicted octanol–water partition coefficient (Wildman–Crippen LogP) is 2.49. The minimum Gasteiger partial charge on any atom is -0.459 e. The molecule has 1 fully saturated rings. The van der Waals surface area contributed by atoms with Crippen molar-refractivity contribution < 1.29 is 18.7 Å². The van der Waals surface area contributed by atoms with Gasteiger partial charge >= 0.3 is 0 Å². The summed E-state index contributed by atoms with van der Waals surface area (Å²) in [6.07, 6.45) is 4.93. The Morgan fingerprint density at radius 3 is 2.89 bits per heavy atom. The first-order valence-electron chi connectivity index (χ1n) is 8.90. The summed E-state index contributed by atoms with van der Waals surface area (Å²) in [6.45, 7) is 1.40. The van der Waals surface area contributed by atoms with Gasteiger partial charge in [0.25, 0.3) is 5.91 Å². The molecule has 1 saturated heterocycles. The molecule has 2 N–H and O–H groups in total. The van der Waals surface area contributed by atoms with Gasteiger partial charge in [-0.15, -0.1) is 22.0 Å². The van der Waals surface area contributed by atoms with Crippen molar-refractivity contribution in [3.8, 4) is 0 Å². The number of rotatable bonds is 9. The summed E-state index contributed by atoms with van der Waals surface area (Å²) in [5, 5.41) is 14.3. The van der Waals surface area contributed by atoms with E-state index in [0.717, 1.165) is 36.6 Å². The molecule has 0 unspecified atom stereocenters. The van der Waals surface area contributed by atoms with Crippen LogP contribution in [0.25, 0.3) is 0 Å². The van der Waals surface area contributed by atoms with Crippen LogP contribution in [0.15, 0.2) is 40.0 Å². The molecule has 3 heterocycles. The smallest absolute Gasteiger partial charge is 0.292 e. The molecule has 0 radical (unpaired) electrons. The van der Waals surface area contributed by atoms with Gasteiger partial charge < -0.3 is 19.8 Å². The number of nitrogens with one attached hydrogen (secondary N) is 2. The number of hydrogen-bond acceptors (Lipinski definition) is 7. The fourth-order valence-corrected chi connectivity index (χ4v) is 3.34. The average molecular weight is 390 g/mol. The standard InChI is InChI=1S/C18H22N4O4S/c23-16(19-12-13-4-1-9-25-13)6-3-11-27-17-8-7-15(21-22-17)20-18(24)14-5-2-10-26-14/h2,5,7-8,10,13H,1,3-4,6,9,11-12H2,(H,19,23)(H,20,21,24)/t13-/m0/s1. The molecular formula is C18H22N4O4S. The zero-order valence-electron chi connectivity index (χ0n) is 14.8. The molecule has 0 spiro atoms. The number of hydrogen-bond donors (Lipinski definition) is 2. The fourth-order valence-electron chi connectivity index (χ4n) is 2.58. The zero-order valence-corrected chi connectivity index (χ0v) is 15.7. The second-order valence-electron chi connectivity index (χ2n) is 6.08. The summed E-state index contributed by atoms with van der Waals surface area (Å²) in [4.78, 5) is 23.7. The molecule has 2 aromatic heterocycles. The van der Waals surface area contributed by atoms with E-state index in [0.29, 0.717) is 18.8 Å². The highest BCUT2D eigenvalue weighted by molar-refractivity contribution is 7.99. The highest BCUT2D eigenvalue weighted by atomic mass is 32.2. The number of amides is 2. The van der Waals surface area contributed by atoms with Crippen molar-refractivity contribution in [1.82, 2.24) is 15.5 Å². The van der Waals surface area contributed by atoms with Crippen LogP contribution in [0.4, 0.5) is 5.82 Å². The van der Waals surface area contributed by atoms with Gasteiger partial charge in [0.05, 0.1) is 12.4 Å². The van der Waals surface area contributed by atoms with Crippen LogP contribution in [0, 0.1) is 0 Å². The molecule has 0 aromatic carbocycles. The number of nitrogens with zero attached hydrogens (tertiary/aromatic N) is 2. The molecule has 3 rings (SSSR count). The average Bonchev–Trinajstić information content (AvgIpc) is 3.38. The third-order valence-corrected chi connectivity index (χ3v) is 4.98. The van der Waals surface area contributed by atoms with E-state index in [1.807, 2.05) is 0 Å². The first kappa shape index (κ1) is 19.4. The molecule has 1 aliphatic rings. The van der Waals surface area contributed by atoms with Crippen molar-refractivity contribution in [1.29, 1.82) is 0 Å². The maximum absolute atomic E-state index is 11.8. The molecule has 1 aliphatic heterocycles. The summed E-state index contributed by atoms with van der Waals surface area (Å²) >= 11 is 1.52. The Morgan fingerprint density at radius 1 is 1.26 bits per heavy atom. The number of furan rings is 1. The second-order valence-corrected chi connectivity index (χ2v) is 7.19. The normalized spacial score (nSPS) is 16.2. The summed E-state index contributed by atoms with van der Waals surface area (Å²) in [6, 6.07) is 6.68. The van der Waals surface area contributed by atoms with Crippen LogP contribution >= 0.6 is 11.8 Å². The van der Waals surface area contributed by atoms with Gasteiger partial charge in [-0.05, 0) is 43.5 Å². The quantitative estimate of drug-likeness (QED) is 0.500. The van der Waals surface area contributed by atoms with E-state index in [4.69, 9.17) is 9.15 Å². The minimum absolute atomic E-state index is 0.0492. The summed E-state index contributed by atoms with van der Waals surface area (Å²) in [5.41, 5.74) is 0. The number of aromatic nitrogens is 2. The van der Waals surface area contributed by atoms with E-state index in [1.54, 1.807) is 24.3 Å². The van der Waals surface area contributed by atoms with Gasteiger partial charge in [0.1, 0.15) is 5.03 Å². The van der Waals surface area contributed by atoms with E-state index >= 15 is 0 Å². The molecular weight excluding hydrogens is 368 g/mol. The summed E-state index contributed by atoms with van der Waals surface area (Å²) in [7, 11) is 0. The van der Waals surface area contributed by atoms with Gasteiger partial charge in [0.15, 0.2) is 11.6 Å². The first-order valence-corrected chi connectivity index (χ1v) is 9.89. The molecule has 8 nitrogen and oxygen atoms in total. The van der Waals surface area contributed by atoms with E-state index < -0.39 is 0 Å². The van der Waals surface area contributed by atoms with Crippen LogP contribution in [-0.4, -0.2) is 47.0 Å².